The number of hydrogen-bond acceptors (Lipinski definition) is 5. The van der Waals surface area contributed by atoms with Gasteiger partial charge >= 0.3 is 5.69 Å². The molecule has 0 aliphatic heterocycles. The van der Waals surface area contributed by atoms with Crippen molar-refractivity contribution in [1.29, 1.82) is 0 Å². The number of aliphatic hydroxyl groups excluding tert-OH is 1. The van der Waals surface area contributed by atoms with Crippen LogP contribution in [0.2, 0.25) is 0 Å². The largest absolute Gasteiger partial charge is 0.396 e. The first kappa shape index (κ1) is 20.9. The molecule has 1 fully saturated rings. The number of pyridine rings is 1. The monoisotopic (exact) mass is 434 g/mol. The molecule has 1 aliphatic carbocycles. The Balaban J connectivity index is 1.59. The number of rotatable bonds is 10. The van der Waals surface area contributed by atoms with Gasteiger partial charge in [-0.25, -0.2) is 9.78 Å². The van der Waals surface area contributed by atoms with E-state index >= 15 is 0 Å². The predicted molar refractivity (Wildman–Crippen MR) is 125 cm³/mol. The van der Waals surface area contributed by atoms with Gasteiger partial charge in [0.15, 0.2) is 0 Å². The van der Waals surface area contributed by atoms with Gasteiger partial charge in [-0.2, -0.15) is 0 Å². The Hall–Kier alpha value is -2.97. The molecule has 1 aromatic carbocycles. The Labute approximate surface area is 186 Å². The summed E-state index contributed by atoms with van der Waals surface area (Å²) in [6.07, 6.45) is 10.1. The highest BCUT2D eigenvalue weighted by Gasteiger charge is 2.31. The number of nitrogens with zero attached hydrogens (tertiary/aromatic N) is 4. The molecule has 0 saturated heterocycles. The Morgan fingerprint density at radius 2 is 2.00 bits per heavy atom. The minimum absolute atomic E-state index is 0.0129. The van der Waals surface area contributed by atoms with Gasteiger partial charge in [0, 0.05) is 25.4 Å². The van der Waals surface area contributed by atoms with Crippen molar-refractivity contribution in [3.8, 4) is 0 Å². The van der Waals surface area contributed by atoms with E-state index in [0.29, 0.717) is 6.54 Å². The summed E-state index contributed by atoms with van der Waals surface area (Å²) in [5.41, 5.74) is 10.5. The van der Waals surface area contributed by atoms with Gasteiger partial charge in [0.2, 0.25) is 0 Å². The van der Waals surface area contributed by atoms with Crippen LogP contribution in [0.25, 0.3) is 22.1 Å². The maximum Gasteiger partial charge on any atom is 0.330 e. The fourth-order valence-electron chi connectivity index (χ4n) is 4.62. The Morgan fingerprint density at radius 1 is 1.16 bits per heavy atom. The minimum Gasteiger partial charge on any atom is -0.396 e. The molecule has 0 bridgehead atoms. The van der Waals surface area contributed by atoms with Gasteiger partial charge in [0.1, 0.15) is 5.82 Å². The van der Waals surface area contributed by atoms with Gasteiger partial charge in [-0.05, 0) is 49.4 Å². The van der Waals surface area contributed by atoms with Crippen LogP contribution in [0.15, 0.2) is 41.5 Å². The van der Waals surface area contributed by atoms with E-state index in [1.807, 2.05) is 33.4 Å². The summed E-state index contributed by atoms with van der Waals surface area (Å²) in [5, 5.41) is 9.09. The Morgan fingerprint density at radius 3 is 2.78 bits per heavy atom. The number of benzene rings is 1. The zero-order valence-electron chi connectivity index (χ0n) is 18.2. The second kappa shape index (κ2) is 8.88. The average Bonchev–Trinajstić information content (AvgIpc) is 3.48. The number of H-pyrrole nitrogens is 1. The number of aromatic amines is 1. The molecular formula is C24H30N6O2. The van der Waals surface area contributed by atoms with Gasteiger partial charge in [-0.1, -0.05) is 25.3 Å². The quantitative estimate of drug-likeness (QED) is 0.331. The molecule has 168 valence electrons. The molecule has 3 heterocycles. The van der Waals surface area contributed by atoms with Crippen molar-refractivity contribution in [2.45, 2.75) is 63.6 Å². The van der Waals surface area contributed by atoms with Gasteiger partial charge in [-0.15, -0.1) is 0 Å². The van der Waals surface area contributed by atoms with Crippen LogP contribution in [0, 0.1) is 0 Å². The van der Waals surface area contributed by atoms with E-state index in [1.165, 1.54) is 0 Å². The Kier molecular flexibility index (Phi) is 5.80. The summed E-state index contributed by atoms with van der Waals surface area (Å²) < 4.78 is 3.82. The van der Waals surface area contributed by atoms with E-state index in [1.54, 1.807) is 12.4 Å². The van der Waals surface area contributed by atoms with Gasteiger partial charge in [0.05, 0.1) is 34.3 Å². The third-order valence-electron chi connectivity index (χ3n) is 6.44. The van der Waals surface area contributed by atoms with Gasteiger partial charge in [0.25, 0.3) is 0 Å². The van der Waals surface area contributed by atoms with Crippen molar-refractivity contribution in [2.75, 3.05) is 6.61 Å². The van der Waals surface area contributed by atoms with E-state index in [9.17, 15) is 4.79 Å². The Bertz CT molecular complexity index is 1280. The molecule has 8 nitrogen and oxygen atoms in total. The molecule has 32 heavy (non-hydrogen) atoms. The van der Waals surface area contributed by atoms with Gasteiger partial charge < -0.3 is 15.8 Å². The molecule has 3 aromatic heterocycles. The highest BCUT2D eigenvalue weighted by Crippen LogP contribution is 2.37. The summed E-state index contributed by atoms with van der Waals surface area (Å²) in [6.45, 7) is 0.683. The third kappa shape index (κ3) is 3.84. The second-order valence-electron chi connectivity index (χ2n) is 8.74. The molecule has 0 radical (unpaired) electrons. The SMILES string of the molecule is NCc1ccc2[nH]c(C(CCCCCCO)n3c(=O)n(C4CC4)c4ccncc43)nc2c1. The lowest BCUT2D eigenvalue weighted by Gasteiger charge is -2.16. The van der Waals surface area contributed by atoms with E-state index in [-0.39, 0.29) is 24.4 Å². The van der Waals surface area contributed by atoms with Crippen molar-refractivity contribution in [2.24, 2.45) is 5.73 Å². The van der Waals surface area contributed by atoms with Crippen molar-refractivity contribution in [1.82, 2.24) is 24.1 Å². The predicted octanol–water partition coefficient (Wildman–Crippen LogP) is 3.40. The highest BCUT2D eigenvalue weighted by atomic mass is 16.2. The van der Waals surface area contributed by atoms with Crippen LogP contribution in [-0.2, 0) is 6.54 Å². The molecule has 0 amide bonds. The summed E-state index contributed by atoms with van der Waals surface area (Å²) >= 11 is 0. The molecule has 4 aromatic rings. The molecular weight excluding hydrogens is 404 g/mol. The molecule has 0 spiro atoms. The van der Waals surface area contributed by atoms with E-state index < -0.39 is 0 Å². The van der Waals surface area contributed by atoms with Crippen LogP contribution in [-0.4, -0.2) is 35.8 Å². The maximum atomic E-state index is 13.6. The lowest BCUT2D eigenvalue weighted by molar-refractivity contribution is 0.282. The summed E-state index contributed by atoms with van der Waals surface area (Å²) in [5.74, 6) is 0.789. The van der Waals surface area contributed by atoms with Crippen LogP contribution in [0.4, 0.5) is 0 Å². The van der Waals surface area contributed by atoms with Crippen molar-refractivity contribution in [3.63, 3.8) is 0 Å². The van der Waals surface area contributed by atoms with Crippen LogP contribution in [0.3, 0.4) is 0 Å². The zero-order valence-corrected chi connectivity index (χ0v) is 18.2. The number of unbranched alkanes of at least 4 members (excludes halogenated alkanes) is 3. The molecule has 1 unspecified atom stereocenters. The number of fused-ring (bicyclic) bond motifs is 2. The van der Waals surface area contributed by atoms with E-state index in [0.717, 1.165) is 78.4 Å². The summed E-state index contributed by atoms with van der Waals surface area (Å²) in [6, 6.07) is 8.02. The van der Waals surface area contributed by atoms with Crippen LogP contribution < -0.4 is 11.4 Å². The number of nitrogens with one attached hydrogen (secondary N) is 1. The van der Waals surface area contributed by atoms with Crippen molar-refractivity contribution >= 4 is 22.1 Å². The fraction of sp³-hybridized carbons (Fsp3) is 0.458. The number of aliphatic hydroxyl groups is 1. The zero-order chi connectivity index (χ0) is 22.1. The van der Waals surface area contributed by atoms with Crippen molar-refractivity contribution in [3.05, 3.63) is 58.5 Å². The second-order valence-corrected chi connectivity index (χ2v) is 8.74. The minimum atomic E-state index is -0.211. The number of imidazole rings is 2. The fourth-order valence-corrected chi connectivity index (χ4v) is 4.62. The first-order chi connectivity index (χ1) is 15.7. The van der Waals surface area contributed by atoms with Crippen LogP contribution >= 0.6 is 0 Å². The van der Waals surface area contributed by atoms with E-state index in [2.05, 4.69) is 9.97 Å². The van der Waals surface area contributed by atoms with E-state index in [4.69, 9.17) is 15.8 Å². The van der Waals surface area contributed by atoms with Crippen molar-refractivity contribution < 1.29 is 5.11 Å². The smallest absolute Gasteiger partial charge is 0.330 e. The topological polar surface area (TPSA) is 115 Å². The van der Waals surface area contributed by atoms with Gasteiger partial charge in [-0.3, -0.25) is 14.1 Å². The standard InChI is InChI=1S/C24H30N6O2/c25-14-16-6-9-18-19(13-16)28-23(27-18)21(5-3-1-2-4-12-31)30-22-15-26-11-10-20(22)29(24(30)32)17-7-8-17/h6,9-11,13,15,17,21,31H,1-5,7-8,12,14,25H2,(H,27,28). The first-order valence-electron chi connectivity index (χ1n) is 11.6. The first-order valence-corrected chi connectivity index (χ1v) is 11.6. The average molecular weight is 435 g/mol. The summed E-state index contributed by atoms with van der Waals surface area (Å²) in [4.78, 5) is 26.3. The molecule has 1 atom stereocenters. The maximum absolute atomic E-state index is 13.6. The normalized spacial score (nSPS) is 15.1. The number of nitrogens with two attached hydrogens (primary N) is 1. The number of aromatic nitrogens is 5. The van der Waals surface area contributed by atoms with Crippen LogP contribution in [0.5, 0.6) is 0 Å². The van der Waals surface area contributed by atoms with Crippen LogP contribution in [0.1, 0.15) is 68.4 Å². The summed E-state index contributed by atoms with van der Waals surface area (Å²) in [7, 11) is 0. The molecule has 8 heteroatoms. The molecule has 1 aliphatic rings. The molecule has 5 rings (SSSR count). The lowest BCUT2D eigenvalue weighted by atomic mass is 10.1. The molecule has 1 saturated carbocycles. The lowest BCUT2D eigenvalue weighted by Crippen LogP contribution is -2.28. The third-order valence-corrected chi connectivity index (χ3v) is 6.44. The molecule has 4 N–H and O–H groups in total. The highest BCUT2D eigenvalue weighted by molar-refractivity contribution is 5.77. The number of hydrogen-bond donors (Lipinski definition) is 3.